The number of nitrogens with zero attached hydrogens (tertiary/aromatic N) is 3. The predicted octanol–water partition coefficient (Wildman–Crippen LogP) is -0.654. The molecule has 0 aromatic carbocycles. The summed E-state index contributed by atoms with van der Waals surface area (Å²) in [4.78, 5) is 29.1. The summed E-state index contributed by atoms with van der Waals surface area (Å²) >= 11 is 0. The Labute approximate surface area is 115 Å². The van der Waals surface area contributed by atoms with Gasteiger partial charge in [0.1, 0.15) is 0 Å². The zero-order valence-electron chi connectivity index (χ0n) is 12.3. The second-order valence-corrected chi connectivity index (χ2v) is 5.32. The molecule has 0 aromatic rings. The van der Waals surface area contributed by atoms with Gasteiger partial charge >= 0.3 is 0 Å². The fourth-order valence-corrected chi connectivity index (χ4v) is 1.99. The van der Waals surface area contributed by atoms with Gasteiger partial charge in [0, 0.05) is 52.7 Å². The summed E-state index contributed by atoms with van der Waals surface area (Å²) in [6.07, 6.45) is 1.25. The summed E-state index contributed by atoms with van der Waals surface area (Å²) in [5.41, 5.74) is 5.80. The van der Waals surface area contributed by atoms with Gasteiger partial charge in [0.05, 0.1) is 6.54 Å². The Morgan fingerprint density at radius 2 is 1.79 bits per heavy atom. The average Bonchev–Trinajstić information content (AvgIpc) is 2.39. The lowest BCUT2D eigenvalue weighted by Crippen LogP contribution is -2.51. The zero-order valence-corrected chi connectivity index (χ0v) is 12.3. The normalized spacial score (nSPS) is 18.2. The molecule has 0 aromatic heterocycles. The monoisotopic (exact) mass is 270 g/mol. The number of carbonyl (C=O) groups is 2. The van der Waals surface area contributed by atoms with Crippen molar-refractivity contribution in [3.63, 3.8) is 0 Å². The van der Waals surface area contributed by atoms with E-state index in [0.29, 0.717) is 26.1 Å². The first-order chi connectivity index (χ1) is 8.93. The molecule has 1 heterocycles. The molecule has 0 bridgehead atoms. The largest absolute Gasteiger partial charge is 0.348 e. The van der Waals surface area contributed by atoms with Crippen molar-refractivity contribution < 1.29 is 9.59 Å². The van der Waals surface area contributed by atoms with E-state index >= 15 is 0 Å². The summed E-state index contributed by atoms with van der Waals surface area (Å²) in [7, 11) is 3.52. The maximum atomic E-state index is 12.0. The van der Waals surface area contributed by atoms with E-state index in [1.807, 2.05) is 11.8 Å². The third-order valence-corrected chi connectivity index (χ3v) is 3.54. The average molecular weight is 270 g/mol. The van der Waals surface area contributed by atoms with Gasteiger partial charge in [-0.15, -0.1) is 0 Å². The fourth-order valence-electron chi connectivity index (χ4n) is 1.99. The van der Waals surface area contributed by atoms with E-state index in [-0.39, 0.29) is 17.9 Å². The molecule has 6 nitrogen and oxygen atoms in total. The van der Waals surface area contributed by atoms with E-state index in [9.17, 15) is 9.59 Å². The van der Waals surface area contributed by atoms with Gasteiger partial charge in [-0.1, -0.05) is 6.92 Å². The summed E-state index contributed by atoms with van der Waals surface area (Å²) in [6, 6.07) is -0.0409. The minimum absolute atomic E-state index is 0.0409. The Morgan fingerprint density at radius 1 is 1.21 bits per heavy atom. The highest BCUT2D eigenvalue weighted by atomic mass is 16.2. The highest BCUT2D eigenvalue weighted by Crippen LogP contribution is 2.06. The van der Waals surface area contributed by atoms with Crippen LogP contribution in [0.15, 0.2) is 0 Å². The first-order valence-electron chi connectivity index (χ1n) is 6.90. The van der Waals surface area contributed by atoms with Gasteiger partial charge in [-0.3, -0.25) is 14.5 Å². The van der Waals surface area contributed by atoms with Crippen LogP contribution >= 0.6 is 0 Å². The third-order valence-electron chi connectivity index (χ3n) is 3.54. The number of nitrogens with two attached hydrogens (primary N) is 1. The summed E-state index contributed by atoms with van der Waals surface area (Å²) in [5, 5.41) is 0. The van der Waals surface area contributed by atoms with Gasteiger partial charge in [-0.25, -0.2) is 0 Å². The molecule has 2 N–H and O–H groups in total. The summed E-state index contributed by atoms with van der Waals surface area (Å²) < 4.78 is 0. The molecule has 2 amide bonds. The Kier molecular flexibility index (Phi) is 6.24. The lowest BCUT2D eigenvalue weighted by molar-refractivity contribution is -0.134. The number of likely N-dealkylation sites (N-methyl/N-ethyl adjacent to an activating group) is 1. The van der Waals surface area contributed by atoms with Crippen molar-refractivity contribution in [1.82, 2.24) is 14.7 Å². The van der Waals surface area contributed by atoms with Crippen LogP contribution in [0, 0.1) is 0 Å². The van der Waals surface area contributed by atoms with Gasteiger partial charge in [0.2, 0.25) is 11.8 Å². The summed E-state index contributed by atoms with van der Waals surface area (Å²) in [6.45, 7) is 5.32. The van der Waals surface area contributed by atoms with Gasteiger partial charge < -0.3 is 15.5 Å². The molecule has 1 saturated heterocycles. The zero-order chi connectivity index (χ0) is 14.4. The molecule has 1 unspecified atom stereocenters. The number of amides is 2. The van der Waals surface area contributed by atoms with Crippen molar-refractivity contribution in [1.29, 1.82) is 0 Å². The van der Waals surface area contributed by atoms with Crippen LogP contribution in [0.25, 0.3) is 0 Å². The Balaban J connectivity index is 2.32. The Morgan fingerprint density at radius 3 is 2.26 bits per heavy atom. The molecule has 0 radical (unpaired) electrons. The van der Waals surface area contributed by atoms with Gasteiger partial charge in [0.15, 0.2) is 0 Å². The van der Waals surface area contributed by atoms with Gasteiger partial charge in [-0.05, 0) is 6.42 Å². The maximum absolute atomic E-state index is 12.0. The van der Waals surface area contributed by atoms with Crippen LogP contribution in [0.3, 0.4) is 0 Å². The molecule has 0 saturated carbocycles. The minimum Gasteiger partial charge on any atom is -0.348 e. The molecule has 0 spiro atoms. The van der Waals surface area contributed by atoms with Crippen molar-refractivity contribution in [3.8, 4) is 0 Å². The van der Waals surface area contributed by atoms with Crippen LogP contribution < -0.4 is 5.73 Å². The van der Waals surface area contributed by atoms with Crippen LogP contribution in [-0.2, 0) is 9.59 Å². The molecule has 1 atom stereocenters. The number of hydrogen-bond donors (Lipinski definition) is 1. The van der Waals surface area contributed by atoms with E-state index in [1.165, 1.54) is 0 Å². The highest BCUT2D eigenvalue weighted by Gasteiger charge is 2.23. The fraction of sp³-hybridized carbons (Fsp3) is 0.846. The highest BCUT2D eigenvalue weighted by molar-refractivity contribution is 5.78. The van der Waals surface area contributed by atoms with Crippen molar-refractivity contribution in [2.24, 2.45) is 5.73 Å². The number of carbonyl (C=O) groups excluding carboxylic acids is 2. The number of rotatable bonds is 5. The Hall–Kier alpha value is -1.14. The minimum atomic E-state index is -0.0409. The molecular weight excluding hydrogens is 244 g/mol. The van der Waals surface area contributed by atoms with Crippen molar-refractivity contribution in [2.75, 3.05) is 46.8 Å². The molecular formula is C13H26N4O2. The quantitative estimate of drug-likeness (QED) is 0.720. The van der Waals surface area contributed by atoms with Crippen LogP contribution in [0.4, 0.5) is 0 Å². The lowest BCUT2D eigenvalue weighted by atomic mass is 10.1. The van der Waals surface area contributed by atoms with E-state index < -0.39 is 0 Å². The third kappa shape index (κ3) is 5.16. The predicted molar refractivity (Wildman–Crippen MR) is 74.6 cm³/mol. The Bertz CT molecular complexity index is 312. The lowest BCUT2D eigenvalue weighted by Gasteiger charge is -2.35. The van der Waals surface area contributed by atoms with Gasteiger partial charge in [-0.2, -0.15) is 0 Å². The maximum Gasteiger partial charge on any atom is 0.236 e. The first-order valence-corrected chi connectivity index (χ1v) is 6.90. The molecule has 1 aliphatic heterocycles. The van der Waals surface area contributed by atoms with Crippen molar-refractivity contribution in [2.45, 2.75) is 25.8 Å². The molecule has 1 rings (SSSR count). The van der Waals surface area contributed by atoms with E-state index in [4.69, 9.17) is 5.73 Å². The second-order valence-electron chi connectivity index (χ2n) is 5.32. The second kappa shape index (κ2) is 7.45. The number of piperazine rings is 1. The van der Waals surface area contributed by atoms with Gasteiger partial charge in [0.25, 0.3) is 0 Å². The topological polar surface area (TPSA) is 69.9 Å². The van der Waals surface area contributed by atoms with Crippen molar-refractivity contribution in [3.05, 3.63) is 0 Å². The van der Waals surface area contributed by atoms with E-state index in [1.54, 1.807) is 19.0 Å². The summed E-state index contributed by atoms with van der Waals surface area (Å²) in [5.74, 6) is 0.237. The van der Waals surface area contributed by atoms with Crippen LogP contribution in [0.1, 0.15) is 19.8 Å². The van der Waals surface area contributed by atoms with E-state index in [0.717, 1.165) is 19.5 Å². The smallest absolute Gasteiger partial charge is 0.236 e. The van der Waals surface area contributed by atoms with Crippen molar-refractivity contribution >= 4 is 11.8 Å². The van der Waals surface area contributed by atoms with E-state index in [2.05, 4.69) is 4.90 Å². The SMILES string of the molecule is CCC(N)CC(=O)N1CCN(CC(=O)N(C)C)CC1. The first kappa shape index (κ1) is 15.9. The molecule has 110 valence electrons. The molecule has 19 heavy (non-hydrogen) atoms. The number of hydrogen-bond acceptors (Lipinski definition) is 4. The van der Waals surface area contributed by atoms with Crippen LogP contribution in [0.5, 0.6) is 0 Å². The van der Waals surface area contributed by atoms with Crippen LogP contribution in [0.2, 0.25) is 0 Å². The molecule has 1 aliphatic rings. The standard InChI is InChI=1S/C13H26N4O2/c1-4-11(14)9-12(18)17-7-5-16(6-8-17)10-13(19)15(2)3/h11H,4-10,14H2,1-3H3. The molecule has 6 heteroatoms. The molecule has 1 fully saturated rings. The van der Waals surface area contributed by atoms with Crippen LogP contribution in [-0.4, -0.2) is 79.4 Å². The molecule has 0 aliphatic carbocycles.